The number of carbonyl (C=O) groups excluding carboxylic acids is 2. The Labute approximate surface area is 136 Å². The highest BCUT2D eigenvalue weighted by molar-refractivity contribution is 7.20. The molecule has 0 unspecified atom stereocenters. The average molecular weight is 335 g/mol. The second-order valence-electron chi connectivity index (χ2n) is 6.07. The second-order valence-corrected chi connectivity index (χ2v) is 7.15. The molecule has 8 heteroatoms. The Kier molecular flexibility index (Phi) is 4.65. The maximum atomic E-state index is 12.1. The van der Waals surface area contributed by atoms with Gasteiger partial charge in [0.1, 0.15) is 0 Å². The number of rotatable bonds is 4. The Hall–Kier alpha value is -2.48. The lowest BCUT2D eigenvalue weighted by molar-refractivity contribution is -0.384. The highest BCUT2D eigenvalue weighted by Crippen LogP contribution is 2.28. The van der Waals surface area contributed by atoms with Crippen molar-refractivity contribution in [2.75, 3.05) is 6.54 Å². The molecule has 2 N–H and O–H groups in total. The highest BCUT2D eigenvalue weighted by atomic mass is 32.1. The van der Waals surface area contributed by atoms with Crippen LogP contribution in [0.3, 0.4) is 0 Å². The van der Waals surface area contributed by atoms with Gasteiger partial charge in [-0.2, -0.15) is 0 Å². The van der Waals surface area contributed by atoms with E-state index in [2.05, 4.69) is 10.6 Å². The third-order valence-corrected chi connectivity index (χ3v) is 3.97. The summed E-state index contributed by atoms with van der Waals surface area (Å²) in [5.74, 6) is -0.652. The van der Waals surface area contributed by atoms with E-state index in [-0.39, 0.29) is 29.6 Å². The van der Waals surface area contributed by atoms with Gasteiger partial charge in [-0.05, 0) is 32.9 Å². The number of non-ortho nitro benzene ring substituents is 1. The van der Waals surface area contributed by atoms with Crippen molar-refractivity contribution >= 4 is 38.9 Å². The molecular weight excluding hydrogens is 318 g/mol. The molecule has 0 saturated carbocycles. The van der Waals surface area contributed by atoms with Crippen LogP contribution in [0.2, 0.25) is 0 Å². The van der Waals surface area contributed by atoms with Gasteiger partial charge in [-0.15, -0.1) is 11.3 Å². The smallest absolute Gasteiger partial charge is 0.270 e. The number of benzene rings is 1. The topological polar surface area (TPSA) is 101 Å². The molecule has 2 aromatic rings. The van der Waals surface area contributed by atoms with Crippen molar-refractivity contribution in [3.05, 3.63) is 39.3 Å². The van der Waals surface area contributed by atoms with Gasteiger partial charge in [0.2, 0.25) is 5.91 Å². The number of nitro benzene ring substituents is 1. The van der Waals surface area contributed by atoms with Gasteiger partial charge in [0.05, 0.1) is 16.3 Å². The molecule has 0 atom stereocenters. The minimum atomic E-state index is -0.478. The predicted octanol–water partition coefficient (Wildman–Crippen LogP) is 2.45. The molecule has 23 heavy (non-hydrogen) atoms. The molecule has 1 aromatic heterocycles. The molecular formula is C15H17N3O4S. The molecule has 0 aliphatic rings. The summed E-state index contributed by atoms with van der Waals surface area (Å²) in [5, 5.41) is 16.7. The zero-order valence-electron chi connectivity index (χ0n) is 13.0. The number of nitrogens with one attached hydrogen (secondary N) is 2. The number of hydrogen-bond donors (Lipinski definition) is 2. The van der Waals surface area contributed by atoms with E-state index in [0.717, 1.165) is 4.70 Å². The lowest BCUT2D eigenvalue weighted by atomic mass is 10.1. The summed E-state index contributed by atoms with van der Waals surface area (Å²) in [7, 11) is 0. The molecule has 0 spiro atoms. The summed E-state index contributed by atoms with van der Waals surface area (Å²) in [5.41, 5.74) is -0.384. The summed E-state index contributed by atoms with van der Waals surface area (Å²) < 4.78 is 0.778. The predicted molar refractivity (Wildman–Crippen MR) is 88.7 cm³/mol. The SMILES string of the molecule is CC(C)(C)NC(=O)CNC(=O)c1cc2cc([N+](=O)[O-])ccc2s1. The van der Waals surface area contributed by atoms with Gasteiger partial charge >= 0.3 is 0 Å². The van der Waals surface area contributed by atoms with E-state index in [0.29, 0.717) is 10.3 Å². The van der Waals surface area contributed by atoms with Crippen LogP contribution < -0.4 is 10.6 Å². The molecule has 0 saturated heterocycles. The van der Waals surface area contributed by atoms with Crippen LogP contribution >= 0.6 is 11.3 Å². The van der Waals surface area contributed by atoms with Crippen LogP contribution in [0, 0.1) is 10.1 Å². The highest BCUT2D eigenvalue weighted by Gasteiger charge is 2.16. The molecule has 0 fully saturated rings. The number of nitro groups is 1. The summed E-state index contributed by atoms with van der Waals surface area (Å²) >= 11 is 1.22. The first-order valence-electron chi connectivity index (χ1n) is 6.93. The van der Waals surface area contributed by atoms with Crippen molar-refractivity contribution in [3.63, 3.8) is 0 Å². The van der Waals surface area contributed by atoms with Crippen LogP contribution in [0.4, 0.5) is 5.69 Å². The molecule has 0 bridgehead atoms. The van der Waals surface area contributed by atoms with Crippen molar-refractivity contribution in [1.82, 2.24) is 10.6 Å². The van der Waals surface area contributed by atoms with Crippen LogP contribution in [0.15, 0.2) is 24.3 Å². The average Bonchev–Trinajstić information content (AvgIpc) is 2.85. The zero-order valence-corrected chi connectivity index (χ0v) is 13.8. The van der Waals surface area contributed by atoms with Crippen LogP contribution in [-0.2, 0) is 4.79 Å². The van der Waals surface area contributed by atoms with Gasteiger partial charge in [-0.1, -0.05) is 0 Å². The maximum Gasteiger partial charge on any atom is 0.270 e. The van der Waals surface area contributed by atoms with E-state index in [4.69, 9.17) is 0 Å². The first-order valence-corrected chi connectivity index (χ1v) is 7.74. The Morgan fingerprint density at radius 3 is 2.57 bits per heavy atom. The van der Waals surface area contributed by atoms with Gasteiger partial charge < -0.3 is 10.6 Å². The number of amides is 2. The van der Waals surface area contributed by atoms with E-state index < -0.39 is 4.92 Å². The normalized spacial score (nSPS) is 11.3. The largest absolute Gasteiger partial charge is 0.350 e. The molecule has 0 aliphatic carbocycles. The first kappa shape index (κ1) is 16.9. The fraction of sp³-hybridized carbons (Fsp3) is 0.333. The van der Waals surface area contributed by atoms with Crippen LogP contribution in [0.1, 0.15) is 30.4 Å². The lowest BCUT2D eigenvalue weighted by Gasteiger charge is -2.20. The van der Waals surface area contributed by atoms with Crippen molar-refractivity contribution < 1.29 is 14.5 Å². The Balaban J connectivity index is 2.06. The van der Waals surface area contributed by atoms with Gasteiger partial charge in [-0.3, -0.25) is 19.7 Å². The Morgan fingerprint density at radius 2 is 1.96 bits per heavy atom. The van der Waals surface area contributed by atoms with E-state index >= 15 is 0 Å². The van der Waals surface area contributed by atoms with E-state index in [1.165, 1.54) is 23.5 Å². The van der Waals surface area contributed by atoms with Crippen molar-refractivity contribution in [1.29, 1.82) is 0 Å². The third-order valence-electron chi connectivity index (χ3n) is 2.86. The summed E-state index contributed by atoms with van der Waals surface area (Å²) in [6.07, 6.45) is 0. The fourth-order valence-corrected chi connectivity index (χ4v) is 2.93. The number of thiophene rings is 1. The fourth-order valence-electron chi connectivity index (χ4n) is 1.97. The van der Waals surface area contributed by atoms with Gasteiger partial charge in [0, 0.05) is 27.8 Å². The number of carbonyl (C=O) groups is 2. The lowest BCUT2D eigenvalue weighted by Crippen LogP contribution is -2.45. The van der Waals surface area contributed by atoms with Crippen LogP contribution in [0.5, 0.6) is 0 Å². The van der Waals surface area contributed by atoms with Crippen LogP contribution in [0.25, 0.3) is 10.1 Å². The molecule has 0 radical (unpaired) electrons. The van der Waals surface area contributed by atoms with Crippen LogP contribution in [-0.4, -0.2) is 28.8 Å². The summed E-state index contributed by atoms with van der Waals surface area (Å²) in [6.45, 7) is 5.44. The summed E-state index contributed by atoms with van der Waals surface area (Å²) in [6, 6.07) is 6.03. The quantitative estimate of drug-likeness (QED) is 0.662. The van der Waals surface area contributed by atoms with Gasteiger partial charge in [0.15, 0.2) is 0 Å². The Morgan fingerprint density at radius 1 is 1.26 bits per heavy atom. The number of fused-ring (bicyclic) bond motifs is 1. The van der Waals surface area contributed by atoms with E-state index in [9.17, 15) is 19.7 Å². The molecule has 2 amide bonds. The van der Waals surface area contributed by atoms with Crippen molar-refractivity contribution in [2.45, 2.75) is 26.3 Å². The molecule has 122 valence electrons. The Bertz CT molecular complexity index is 777. The summed E-state index contributed by atoms with van der Waals surface area (Å²) in [4.78, 5) is 34.5. The van der Waals surface area contributed by atoms with E-state index in [1.54, 1.807) is 12.1 Å². The third kappa shape index (κ3) is 4.49. The van der Waals surface area contributed by atoms with Gasteiger partial charge in [0.25, 0.3) is 11.6 Å². The second kappa shape index (κ2) is 6.33. The first-order chi connectivity index (χ1) is 10.7. The number of hydrogen-bond acceptors (Lipinski definition) is 5. The molecule has 1 heterocycles. The van der Waals surface area contributed by atoms with Gasteiger partial charge in [-0.25, -0.2) is 0 Å². The minimum Gasteiger partial charge on any atom is -0.350 e. The minimum absolute atomic E-state index is 0.0215. The number of nitrogens with zero attached hydrogens (tertiary/aromatic N) is 1. The van der Waals surface area contributed by atoms with Crippen molar-refractivity contribution in [3.8, 4) is 0 Å². The molecule has 7 nitrogen and oxygen atoms in total. The van der Waals surface area contributed by atoms with Crippen molar-refractivity contribution in [2.24, 2.45) is 0 Å². The zero-order chi connectivity index (χ0) is 17.2. The standard InChI is InChI=1S/C15H17N3O4S/c1-15(2,3)17-13(19)8-16-14(20)12-7-9-6-10(18(21)22)4-5-11(9)23-12/h4-7H,8H2,1-3H3,(H,16,20)(H,17,19). The molecule has 1 aromatic carbocycles. The molecule has 0 aliphatic heterocycles. The monoisotopic (exact) mass is 335 g/mol. The molecule has 2 rings (SSSR count). The van der Waals surface area contributed by atoms with E-state index in [1.807, 2.05) is 20.8 Å². The maximum absolute atomic E-state index is 12.1.